The molecule has 0 radical (unpaired) electrons. The van der Waals surface area contributed by atoms with E-state index >= 15 is 0 Å². The summed E-state index contributed by atoms with van der Waals surface area (Å²) in [4.78, 5) is 3.44. The van der Waals surface area contributed by atoms with Crippen molar-refractivity contribution in [2.75, 3.05) is 0 Å². The fraction of sp³-hybridized carbons (Fsp3) is 0.176. The Morgan fingerprint density at radius 1 is 0.947 bits per heavy atom. The Labute approximate surface area is 121 Å². The maximum Gasteiger partial charge on any atom is 0.0539 e. The molecular formula is C17H16BrN. The van der Waals surface area contributed by atoms with Gasteiger partial charge in [-0.25, -0.2) is 0 Å². The van der Waals surface area contributed by atoms with E-state index in [4.69, 9.17) is 0 Å². The molecule has 0 fully saturated rings. The third-order valence-corrected chi connectivity index (χ3v) is 4.08. The van der Waals surface area contributed by atoms with Crippen LogP contribution >= 0.6 is 15.9 Å². The molecule has 2 heteroatoms. The van der Waals surface area contributed by atoms with E-state index in [-0.39, 0.29) is 0 Å². The highest BCUT2D eigenvalue weighted by molar-refractivity contribution is 9.10. The summed E-state index contributed by atoms with van der Waals surface area (Å²) in [5.41, 5.74) is 6.51. The number of aromatic amines is 1. The van der Waals surface area contributed by atoms with Gasteiger partial charge in [0.25, 0.3) is 0 Å². The third-order valence-electron chi connectivity index (χ3n) is 3.58. The van der Waals surface area contributed by atoms with Crippen molar-refractivity contribution in [2.45, 2.75) is 20.8 Å². The summed E-state index contributed by atoms with van der Waals surface area (Å²) in [6.45, 7) is 6.51. The summed E-state index contributed by atoms with van der Waals surface area (Å²) in [5, 5.41) is 2.52. The van der Waals surface area contributed by atoms with Crippen molar-refractivity contribution in [1.82, 2.24) is 4.98 Å². The lowest BCUT2D eigenvalue weighted by Crippen LogP contribution is -1.90. The van der Waals surface area contributed by atoms with Crippen molar-refractivity contribution in [3.63, 3.8) is 0 Å². The molecule has 0 saturated heterocycles. The molecule has 0 aliphatic heterocycles. The minimum atomic E-state index is 1.11. The molecule has 3 aromatic rings. The summed E-state index contributed by atoms with van der Waals surface area (Å²) >= 11 is 3.52. The second-order valence-electron chi connectivity index (χ2n) is 5.17. The molecule has 0 spiro atoms. The van der Waals surface area contributed by atoms with E-state index in [0.29, 0.717) is 0 Å². The molecule has 96 valence electrons. The average Bonchev–Trinajstić information content (AvgIpc) is 2.71. The van der Waals surface area contributed by atoms with Gasteiger partial charge in [-0.2, -0.15) is 0 Å². The molecule has 1 heterocycles. The topological polar surface area (TPSA) is 15.8 Å². The molecule has 1 nitrogen and oxygen atoms in total. The van der Waals surface area contributed by atoms with Gasteiger partial charge < -0.3 is 4.98 Å². The van der Waals surface area contributed by atoms with Gasteiger partial charge >= 0.3 is 0 Å². The van der Waals surface area contributed by atoms with Crippen LogP contribution in [0.4, 0.5) is 0 Å². The normalized spacial score (nSPS) is 11.2. The van der Waals surface area contributed by atoms with Gasteiger partial charge in [0.1, 0.15) is 0 Å². The zero-order valence-electron chi connectivity index (χ0n) is 11.3. The Morgan fingerprint density at radius 2 is 1.63 bits per heavy atom. The van der Waals surface area contributed by atoms with Gasteiger partial charge in [0.05, 0.1) is 5.69 Å². The van der Waals surface area contributed by atoms with E-state index in [1.54, 1.807) is 0 Å². The first kappa shape index (κ1) is 12.5. The fourth-order valence-electron chi connectivity index (χ4n) is 2.89. The Hall–Kier alpha value is -1.54. The van der Waals surface area contributed by atoms with Gasteiger partial charge in [-0.05, 0) is 44.0 Å². The van der Waals surface area contributed by atoms with E-state index in [2.05, 4.69) is 78.2 Å². The number of rotatable bonds is 1. The van der Waals surface area contributed by atoms with E-state index in [1.807, 2.05) is 0 Å². The van der Waals surface area contributed by atoms with Crippen LogP contribution in [0.25, 0.3) is 22.0 Å². The highest BCUT2D eigenvalue weighted by Gasteiger charge is 2.11. The van der Waals surface area contributed by atoms with Gasteiger partial charge in [-0.1, -0.05) is 39.7 Å². The molecule has 0 saturated carbocycles. The van der Waals surface area contributed by atoms with Crippen LogP contribution in [0, 0.1) is 20.8 Å². The first-order chi connectivity index (χ1) is 9.06. The van der Waals surface area contributed by atoms with E-state index in [9.17, 15) is 0 Å². The van der Waals surface area contributed by atoms with Crippen LogP contribution < -0.4 is 0 Å². The lowest BCUT2D eigenvalue weighted by molar-refractivity contribution is 1.29. The molecule has 1 N–H and O–H groups in total. The van der Waals surface area contributed by atoms with Gasteiger partial charge in [0.15, 0.2) is 0 Å². The van der Waals surface area contributed by atoms with Crippen LogP contribution in [0.5, 0.6) is 0 Å². The molecule has 0 atom stereocenters. The monoisotopic (exact) mass is 313 g/mol. The first-order valence-corrected chi connectivity index (χ1v) is 7.20. The zero-order valence-corrected chi connectivity index (χ0v) is 12.9. The number of hydrogen-bond acceptors (Lipinski definition) is 0. The minimum absolute atomic E-state index is 1.11. The highest BCUT2D eigenvalue weighted by Crippen LogP contribution is 2.34. The number of nitrogens with one attached hydrogen (secondary N) is 1. The number of halogens is 1. The van der Waals surface area contributed by atoms with Crippen LogP contribution in [0.15, 0.2) is 41.0 Å². The molecule has 0 amide bonds. The standard InChI is InChI=1S/C17H16BrN/c1-10-6-11(2)16(12(3)7-10)17-15-5-4-14(18)8-13(15)9-19-17/h4-9,19H,1-3H3. The maximum atomic E-state index is 3.52. The molecule has 0 bridgehead atoms. The summed E-state index contributed by atoms with van der Waals surface area (Å²) < 4.78 is 1.11. The molecule has 0 aliphatic carbocycles. The smallest absolute Gasteiger partial charge is 0.0539 e. The minimum Gasteiger partial charge on any atom is -0.360 e. The molecule has 19 heavy (non-hydrogen) atoms. The van der Waals surface area contributed by atoms with Crippen LogP contribution in [0.3, 0.4) is 0 Å². The SMILES string of the molecule is Cc1cc(C)c(-c2[nH]cc3cc(Br)ccc23)c(C)c1. The van der Waals surface area contributed by atoms with Gasteiger partial charge in [0, 0.05) is 27.0 Å². The van der Waals surface area contributed by atoms with Crippen molar-refractivity contribution in [3.8, 4) is 11.3 Å². The first-order valence-electron chi connectivity index (χ1n) is 6.41. The summed E-state index contributed by atoms with van der Waals surface area (Å²) in [5.74, 6) is 0. The fourth-order valence-corrected chi connectivity index (χ4v) is 3.27. The Balaban J connectivity index is 2.31. The number of aryl methyl sites for hydroxylation is 3. The summed E-state index contributed by atoms with van der Waals surface area (Å²) in [7, 11) is 0. The largest absolute Gasteiger partial charge is 0.360 e. The number of hydrogen-bond donors (Lipinski definition) is 1. The van der Waals surface area contributed by atoms with E-state index < -0.39 is 0 Å². The Kier molecular flexibility index (Phi) is 2.98. The van der Waals surface area contributed by atoms with E-state index in [1.165, 1.54) is 38.7 Å². The molecular weight excluding hydrogens is 298 g/mol. The third kappa shape index (κ3) is 2.10. The van der Waals surface area contributed by atoms with Crippen LogP contribution in [0.2, 0.25) is 0 Å². The van der Waals surface area contributed by atoms with E-state index in [0.717, 1.165) is 4.47 Å². The molecule has 3 rings (SSSR count). The zero-order chi connectivity index (χ0) is 13.6. The van der Waals surface area contributed by atoms with Gasteiger partial charge in [0.2, 0.25) is 0 Å². The number of H-pyrrole nitrogens is 1. The molecule has 0 aliphatic rings. The molecule has 2 aromatic carbocycles. The van der Waals surface area contributed by atoms with Crippen molar-refractivity contribution in [3.05, 3.63) is 57.7 Å². The van der Waals surface area contributed by atoms with Crippen LogP contribution in [0.1, 0.15) is 16.7 Å². The highest BCUT2D eigenvalue weighted by atomic mass is 79.9. The lowest BCUT2D eigenvalue weighted by Gasteiger charge is -2.10. The van der Waals surface area contributed by atoms with Crippen molar-refractivity contribution < 1.29 is 0 Å². The Morgan fingerprint density at radius 3 is 2.32 bits per heavy atom. The summed E-state index contributed by atoms with van der Waals surface area (Å²) in [6, 6.07) is 10.9. The van der Waals surface area contributed by atoms with Crippen LogP contribution in [-0.4, -0.2) is 4.98 Å². The van der Waals surface area contributed by atoms with Crippen LogP contribution in [-0.2, 0) is 0 Å². The molecule has 1 aromatic heterocycles. The van der Waals surface area contributed by atoms with Crippen molar-refractivity contribution in [1.29, 1.82) is 0 Å². The summed E-state index contributed by atoms with van der Waals surface area (Å²) in [6.07, 6.45) is 2.08. The Bertz CT molecular complexity index is 745. The quantitative estimate of drug-likeness (QED) is 0.608. The molecule has 0 unspecified atom stereocenters. The predicted octanol–water partition coefficient (Wildman–Crippen LogP) is 5.52. The second-order valence-corrected chi connectivity index (χ2v) is 6.08. The average molecular weight is 314 g/mol. The predicted molar refractivity (Wildman–Crippen MR) is 85.6 cm³/mol. The number of fused-ring (bicyclic) bond motifs is 1. The number of benzene rings is 2. The lowest BCUT2D eigenvalue weighted by atomic mass is 9.96. The van der Waals surface area contributed by atoms with Gasteiger partial charge in [-0.15, -0.1) is 0 Å². The van der Waals surface area contributed by atoms with Crippen molar-refractivity contribution >= 4 is 26.7 Å². The second kappa shape index (κ2) is 4.53. The maximum absolute atomic E-state index is 3.52. The number of aromatic nitrogens is 1. The van der Waals surface area contributed by atoms with Gasteiger partial charge in [-0.3, -0.25) is 0 Å². The van der Waals surface area contributed by atoms with Crippen molar-refractivity contribution in [2.24, 2.45) is 0 Å².